The zero-order chi connectivity index (χ0) is 22.5. The van der Waals surface area contributed by atoms with Crippen molar-refractivity contribution < 1.29 is 39.2 Å². The maximum atomic E-state index is 13.6. The first-order chi connectivity index (χ1) is 13.7. The summed E-state index contributed by atoms with van der Waals surface area (Å²) in [5.41, 5.74) is -6.85. The molecule has 1 aromatic carbocycles. The number of carbonyl (C=O) groups excluding carboxylic acids is 4. The summed E-state index contributed by atoms with van der Waals surface area (Å²) in [5.74, 6) is -4.71. The second-order valence-corrected chi connectivity index (χ2v) is 8.96. The van der Waals surface area contributed by atoms with Gasteiger partial charge < -0.3 is 20.1 Å². The van der Waals surface area contributed by atoms with Crippen molar-refractivity contribution in [1.82, 2.24) is 0 Å². The van der Waals surface area contributed by atoms with Crippen LogP contribution in [0, 0.1) is 12.3 Å². The van der Waals surface area contributed by atoms with Gasteiger partial charge in [0.1, 0.15) is 23.4 Å². The normalized spacial score (nSPS) is 31.4. The number of ether oxygens (including phenoxy) is 1. The van der Waals surface area contributed by atoms with Crippen LogP contribution in [0.25, 0.3) is 11.3 Å². The number of fused-ring (bicyclic) bond motifs is 1. The second-order valence-electron chi connectivity index (χ2n) is 8.96. The fourth-order valence-corrected chi connectivity index (χ4v) is 4.75. The first-order valence-corrected chi connectivity index (χ1v) is 9.58. The van der Waals surface area contributed by atoms with Crippen LogP contribution in [-0.4, -0.2) is 55.8 Å². The van der Waals surface area contributed by atoms with E-state index in [0.29, 0.717) is 5.56 Å². The van der Waals surface area contributed by atoms with Crippen molar-refractivity contribution in [3.05, 3.63) is 27.6 Å². The molecule has 2 aliphatic carbocycles. The summed E-state index contributed by atoms with van der Waals surface area (Å²) in [7, 11) is 0. The molecule has 1 fully saturated rings. The minimum absolute atomic E-state index is 0.0832. The third-order valence-corrected chi connectivity index (χ3v) is 6.82. The summed E-state index contributed by atoms with van der Waals surface area (Å²) in [6.07, 6.45) is -1.47. The van der Waals surface area contributed by atoms with Gasteiger partial charge in [0.25, 0.3) is 0 Å². The van der Waals surface area contributed by atoms with E-state index in [-0.39, 0.29) is 16.2 Å². The molecule has 0 radical (unpaired) electrons. The smallest absolute Gasteiger partial charge is 0.207 e. The van der Waals surface area contributed by atoms with E-state index in [1.807, 2.05) is 0 Å². The molecule has 1 unspecified atom stereocenters. The van der Waals surface area contributed by atoms with Gasteiger partial charge in [-0.2, -0.15) is 0 Å². The van der Waals surface area contributed by atoms with Crippen LogP contribution in [0.1, 0.15) is 50.0 Å². The molecule has 8 nitrogen and oxygen atoms in total. The van der Waals surface area contributed by atoms with Crippen molar-refractivity contribution >= 4 is 34.5 Å². The molecule has 8 heteroatoms. The predicted molar refractivity (Wildman–Crippen MR) is 103 cm³/mol. The topological polar surface area (TPSA) is 138 Å². The highest BCUT2D eigenvalue weighted by atomic mass is 16.5. The van der Waals surface area contributed by atoms with E-state index < -0.39 is 69.2 Å². The first-order valence-electron chi connectivity index (χ1n) is 9.58. The Morgan fingerprint density at radius 1 is 1.10 bits per heavy atom. The summed E-state index contributed by atoms with van der Waals surface area (Å²) in [4.78, 5) is 51.7. The third-order valence-electron chi connectivity index (χ3n) is 6.82. The largest absolute Gasteiger partial charge is 0.507 e. The summed E-state index contributed by atoms with van der Waals surface area (Å²) < 4.78 is 5.87. The first kappa shape index (κ1) is 20.4. The fraction of sp³-hybridized carbons (Fsp3) is 0.455. The summed E-state index contributed by atoms with van der Waals surface area (Å²) >= 11 is 0. The van der Waals surface area contributed by atoms with Gasteiger partial charge in [-0.1, -0.05) is 13.8 Å². The van der Waals surface area contributed by atoms with E-state index in [0.717, 1.165) is 6.92 Å². The number of rotatable bonds is 2. The molecule has 0 aromatic heterocycles. The molecular formula is C22H22O8. The number of aliphatic hydroxyl groups is 2. The molecule has 0 spiro atoms. The molecule has 4 rings (SSSR count). The van der Waals surface area contributed by atoms with Crippen LogP contribution in [0.2, 0.25) is 0 Å². The number of phenolic OH excluding ortho intramolecular Hbond substituents is 1. The van der Waals surface area contributed by atoms with Crippen molar-refractivity contribution in [2.45, 2.75) is 58.3 Å². The SMILES string of the molecule is CC(=O)CC1(O)C(=O)C2=c3c(c(O)cc(C)c3=C3O[C@H](C)C(C)(C)[C@]3(O)C2=O)C1=O. The standard InChI is InChI=1S/C22H22O8/c1-8-6-11(24)13-14-12(8)19-22(29,20(4,5)10(3)30-19)18(27)15(14)17(26)21(28,16(13)25)7-9(2)23/h6,10,24,28-29H,7H2,1-5H3/t10-,21?,22+/m1/s1. The Bertz CT molecular complexity index is 1220. The van der Waals surface area contributed by atoms with Gasteiger partial charge in [0.2, 0.25) is 17.3 Å². The molecule has 0 amide bonds. The molecule has 1 aromatic rings. The van der Waals surface area contributed by atoms with Crippen LogP contribution >= 0.6 is 0 Å². The molecule has 1 saturated heterocycles. The maximum absolute atomic E-state index is 13.6. The molecule has 1 aliphatic heterocycles. The zero-order valence-corrected chi connectivity index (χ0v) is 17.2. The summed E-state index contributed by atoms with van der Waals surface area (Å²) in [5, 5.41) is 33.0. The van der Waals surface area contributed by atoms with Crippen LogP contribution in [0.15, 0.2) is 6.07 Å². The van der Waals surface area contributed by atoms with E-state index in [1.54, 1.807) is 27.7 Å². The van der Waals surface area contributed by atoms with Crippen LogP contribution in [0.4, 0.5) is 0 Å². The van der Waals surface area contributed by atoms with Crippen LogP contribution in [0.3, 0.4) is 0 Å². The van der Waals surface area contributed by atoms with Gasteiger partial charge in [0, 0.05) is 22.3 Å². The third kappa shape index (κ3) is 2.03. The number of aryl methyl sites for hydroxylation is 1. The Morgan fingerprint density at radius 2 is 1.70 bits per heavy atom. The van der Waals surface area contributed by atoms with Crippen molar-refractivity contribution in [3.63, 3.8) is 0 Å². The Balaban J connectivity index is 2.26. The van der Waals surface area contributed by atoms with Crippen LogP contribution in [-0.2, 0) is 19.1 Å². The minimum atomic E-state index is -2.84. The lowest BCUT2D eigenvalue weighted by Crippen LogP contribution is -2.65. The monoisotopic (exact) mass is 414 g/mol. The van der Waals surface area contributed by atoms with E-state index in [9.17, 15) is 34.5 Å². The van der Waals surface area contributed by atoms with E-state index in [2.05, 4.69) is 0 Å². The Morgan fingerprint density at radius 3 is 2.27 bits per heavy atom. The highest BCUT2D eigenvalue weighted by Gasteiger charge is 2.67. The summed E-state index contributed by atoms with van der Waals surface area (Å²) in [6.45, 7) is 7.58. The van der Waals surface area contributed by atoms with Crippen molar-refractivity contribution in [2.24, 2.45) is 5.41 Å². The fourth-order valence-electron chi connectivity index (χ4n) is 4.75. The molecule has 1 heterocycles. The van der Waals surface area contributed by atoms with Crippen LogP contribution < -0.4 is 10.4 Å². The van der Waals surface area contributed by atoms with Crippen LogP contribution in [0.5, 0.6) is 5.75 Å². The highest BCUT2D eigenvalue weighted by Crippen LogP contribution is 2.52. The molecule has 3 N–H and O–H groups in total. The molecule has 30 heavy (non-hydrogen) atoms. The number of carbonyl (C=O) groups is 4. The van der Waals surface area contributed by atoms with Gasteiger partial charge in [-0.05, 0) is 32.4 Å². The number of Topliss-reactive ketones (excluding diaryl/α,β-unsaturated/α-hetero) is 4. The number of hydrogen-bond donors (Lipinski definition) is 3. The number of aromatic hydroxyl groups is 1. The number of benzene rings is 1. The van der Waals surface area contributed by atoms with E-state index in [4.69, 9.17) is 4.74 Å². The molecular weight excluding hydrogens is 392 g/mol. The maximum Gasteiger partial charge on any atom is 0.207 e. The molecule has 158 valence electrons. The van der Waals surface area contributed by atoms with E-state index >= 15 is 0 Å². The van der Waals surface area contributed by atoms with Gasteiger partial charge in [-0.3, -0.25) is 19.2 Å². The lowest BCUT2D eigenvalue weighted by Gasteiger charge is -2.39. The molecule has 3 aliphatic rings. The lowest BCUT2D eigenvalue weighted by atomic mass is 9.63. The Kier molecular flexibility index (Phi) is 3.85. The van der Waals surface area contributed by atoms with E-state index in [1.165, 1.54) is 6.07 Å². The van der Waals surface area contributed by atoms with Crippen molar-refractivity contribution in [1.29, 1.82) is 0 Å². The average Bonchev–Trinajstić information content (AvgIpc) is 2.80. The van der Waals surface area contributed by atoms with Crippen molar-refractivity contribution in [3.8, 4) is 5.75 Å². The number of ketones is 4. The van der Waals surface area contributed by atoms with Gasteiger partial charge in [0.15, 0.2) is 11.2 Å². The Hall–Kier alpha value is -2.84. The van der Waals surface area contributed by atoms with Crippen molar-refractivity contribution in [2.75, 3.05) is 0 Å². The number of hydrogen-bond acceptors (Lipinski definition) is 8. The molecule has 3 atom stereocenters. The van der Waals surface area contributed by atoms with Gasteiger partial charge in [0.05, 0.1) is 11.1 Å². The summed E-state index contributed by atoms with van der Waals surface area (Å²) in [6, 6.07) is 1.25. The lowest BCUT2D eigenvalue weighted by molar-refractivity contribution is -0.139. The average molecular weight is 414 g/mol. The Labute approximate surface area is 171 Å². The van der Waals surface area contributed by atoms with Gasteiger partial charge in [-0.25, -0.2) is 0 Å². The molecule has 0 bridgehead atoms. The number of phenols is 1. The zero-order valence-electron chi connectivity index (χ0n) is 17.2. The predicted octanol–water partition coefficient (Wildman–Crippen LogP) is -0.806. The molecule has 0 saturated carbocycles. The van der Waals surface area contributed by atoms with Gasteiger partial charge >= 0.3 is 0 Å². The minimum Gasteiger partial charge on any atom is -0.507 e. The highest BCUT2D eigenvalue weighted by molar-refractivity contribution is 6.52. The van der Waals surface area contributed by atoms with Gasteiger partial charge in [-0.15, -0.1) is 0 Å². The quantitative estimate of drug-likeness (QED) is 0.535. The second kappa shape index (κ2) is 5.65.